The fourth-order valence-corrected chi connectivity index (χ4v) is 2.48. The lowest BCUT2D eigenvalue weighted by Gasteiger charge is -2.29. The molecule has 1 unspecified atom stereocenters. The third-order valence-corrected chi connectivity index (χ3v) is 3.48. The van der Waals surface area contributed by atoms with E-state index in [2.05, 4.69) is 38.2 Å². The van der Waals surface area contributed by atoms with Crippen molar-refractivity contribution in [2.45, 2.75) is 45.6 Å². The van der Waals surface area contributed by atoms with Crippen LogP contribution in [0.15, 0.2) is 18.2 Å². The summed E-state index contributed by atoms with van der Waals surface area (Å²) in [5.41, 5.74) is 9.92. The molecule has 0 radical (unpaired) electrons. The fourth-order valence-electron chi connectivity index (χ4n) is 2.48. The summed E-state index contributed by atoms with van der Waals surface area (Å²) in [7, 11) is 0. The number of aryl methyl sites for hydroxylation is 1. The van der Waals surface area contributed by atoms with Crippen molar-refractivity contribution in [3.05, 3.63) is 29.3 Å². The van der Waals surface area contributed by atoms with E-state index in [-0.39, 0.29) is 5.54 Å². The summed E-state index contributed by atoms with van der Waals surface area (Å²) < 4.78 is 0. The minimum Gasteiger partial charge on any atom is -0.399 e. The maximum atomic E-state index is 5.85. The lowest BCUT2D eigenvalue weighted by Crippen LogP contribution is -2.40. The molecule has 1 aromatic rings. The summed E-state index contributed by atoms with van der Waals surface area (Å²) in [4.78, 5) is 0. The van der Waals surface area contributed by atoms with Crippen LogP contribution in [0.1, 0.15) is 38.3 Å². The zero-order valence-electron chi connectivity index (χ0n) is 11.2. The minimum absolute atomic E-state index is 0.218. The van der Waals surface area contributed by atoms with Crippen molar-refractivity contribution in [1.29, 1.82) is 0 Å². The Morgan fingerprint density at radius 3 is 2.76 bits per heavy atom. The molecule has 17 heavy (non-hydrogen) atoms. The average molecular weight is 232 g/mol. The molecule has 0 spiro atoms. The molecule has 0 amide bonds. The molecule has 0 saturated carbocycles. The molecule has 0 fully saturated rings. The highest BCUT2D eigenvalue weighted by Crippen LogP contribution is 2.27. The van der Waals surface area contributed by atoms with E-state index in [1.807, 2.05) is 6.07 Å². The number of anilines is 1. The smallest absolute Gasteiger partial charge is 0.0316 e. The summed E-state index contributed by atoms with van der Waals surface area (Å²) in [6, 6.07) is 6.36. The molecule has 1 aromatic carbocycles. The van der Waals surface area contributed by atoms with Gasteiger partial charge in [0.15, 0.2) is 0 Å². The minimum atomic E-state index is 0.218. The lowest BCUT2D eigenvalue weighted by atomic mass is 9.83. The molecular formula is C15H24N2. The van der Waals surface area contributed by atoms with E-state index in [1.54, 1.807) is 0 Å². The average Bonchev–Trinajstić information content (AvgIpc) is 2.24. The van der Waals surface area contributed by atoms with Gasteiger partial charge in [0.05, 0.1) is 0 Å². The summed E-state index contributed by atoms with van der Waals surface area (Å²) in [6.45, 7) is 7.78. The van der Waals surface area contributed by atoms with Crippen LogP contribution < -0.4 is 11.1 Å². The van der Waals surface area contributed by atoms with Crippen LogP contribution in [0.4, 0.5) is 5.69 Å². The molecule has 0 aliphatic heterocycles. The van der Waals surface area contributed by atoms with E-state index in [9.17, 15) is 0 Å². The van der Waals surface area contributed by atoms with Gasteiger partial charge in [0.25, 0.3) is 0 Å². The van der Waals surface area contributed by atoms with Gasteiger partial charge in [0, 0.05) is 11.2 Å². The van der Waals surface area contributed by atoms with E-state index in [4.69, 9.17) is 5.73 Å². The number of hydrogen-bond acceptors (Lipinski definition) is 2. The quantitative estimate of drug-likeness (QED) is 0.769. The van der Waals surface area contributed by atoms with E-state index in [1.165, 1.54) is 30.4 Å². The maximum Gasteiger partial charge on any atom is 0.0316 e. The number of nitrogen functional groups attached to an aromatic ring is 1. The van der Waals surface area contributed by atoms with Crippen molar-refractivity contribution in [1.82, 2.24) is 5.32 Å². The Bertz CT molecular complexity index is 390. The zero-order chi connectivity index (χ0) is 12.5. The largest absolute Gasteiger partial charge is 0.399 e. The lowest BCUT2D eigenvalue weighted by molar-refractivity contribution is 0.349. The Balaban J connectivity index is 1.98. The Morgan fingerprint density at radius 2 is 2.06 bits per heavy atom. The van der Waals surface area contributed by atoms with Gasteiger partial charge in [0.2, 0.25) is 0 Å². The van der Waals surface area contributed by atoms with Crippen molar-refractivity contribution in [3.63, 3.8) is 0 Å². The first-order valence-electron chi connectivity index (χ1n) is 6.56. The molecule has 1 aliphatic carbocycles. The van der Waals surface area contributed by atoms with Gasteiger partial charge in [-0.3, -0.25) is 0 Å². The van der Waals surface area contributed by atoms with Gasteiger partial charge >= 0.3 is 0 Å². The molecular weight excluding hydrogens is 208 g/mol. The van der Waals surface area contributed by atoms with Crippen molar-refractivity contribution in [3.8, 4) is 0 Å². The molecule has 2 rings (SSSR count). The van der Waals surface area contributed by atoms with Crippen LogP contribution in [0.3, 0.4) is 0 Å². The molecule has 0 bridgehead atoms. The van der Waals surface area contributed by atoms with Crippen LogP contribution >= 0.6 is 0 Å². The molecule has 1 aliphatic rings. The molecule has 2 nitrogen and oxygen atoms in total. The zero-order valence-corrected chi connectivity index (χ0v) is 11.2. The number of nitrogens with two attached hydrogens (primary N) is 1. The van der Waals surface area contributed by atoms with Gasteiger partial charge < -0.3 is 11.1 Å². The molecule has 0 saturated heterocycles. The predicted molar refractivity (Wildman–Crippen MR) is 74.1 cm³/mol. The second-order valence-electron chi connectivity index (χ2n) is 6.27. The highest BCUT2D eigenvalue weighted by atomic mass is 14.9. The first-order valence-corrected chi connectivity index (χ1v) is 6.56. The number of benzene rings is 1. The number of fused-ring (bicyclic) bond motifs is 1. The SMILES string of the molecule is CC(C)(C)NCC1CCc2ccc(N)cc2C1. The van der Waals surface area contributed by atoms with E-state index < -0.39 is 0 Å². The van der Waals surface area contributed by atoms with Gasteiger partial charge in [0.1, 0.15) is 0 Å². The maximum absolute atomic E-state index is 5.85. The molecule has 94 valence electrons. The summed E-state index contributed by atoms with van der Waals surface area (Å²) >= 11 is 0. The van der Waals surface area contributed by atoms with Crippen LogP contribution in [0, 0.1) is 5.92 Å². The van der Waals surface area contributed by atoms with Crippen LogP contribution in [0.2, 0.25) is 0 Å². The topological polar surface area (TPSA) is 38.0 Å². The summed E-state index contributed by atoms with van der Waals surface area (Å²) in [6.07, 6.45) is 3.66. The van der Waals surface area contributed by atoms with Gasteiger partial charge in [-0.25, -0.2) is 0 Å². The van der Waals surface area contributed by atoms with Crippen molar-refractivity contribution in [2.75, 3.05) is 12.3 Å². The van der Waals surface area contributed by atoms with Crippen LogP contribution in [0.25, 0.3) is 0 Å². The Labute approximate surface area is 105 Å². The van der Waals surface area contributed by atoms with Gasteiger partial charge in [-0.05, 0) is 75.8 Å². The molecule has 2 heteroatoms. The van der Waals surface area contributed by atoms with E-state index in [0.717, 1.165) is 18.2 Å². The molecule has 3 N–H and O–H groups in total. The van der Waals surface area contributed by atoms with Gasteiger partial charge in [-0.1, -0.05) is 6.07 Å². The third-order valence-electron chi connectivity index (χ3n) is 3.48. The van der Waals surface area contributed by atoms with Crippen LogP contribution in [-0.4, -0.2) is 12.1 Å². The van der Waals surface area contributed by atoms with Crippen molar-refractivity contribution >= 4 is 5.69 Å². The van der Waals surface area contributed by atoms with Crippen molar-refractivity contribution in [2.24, 2.45) is 5.92 Å². The third kappa shape index (κ3) is 3.47. The van der Waals surface area contributed by atoms with E-state index >= 15 is 0 Å². The van der Waals surface area contributed by atoms with Gasteiger partial charge in [-0.2, -0.15) is 0 Å². The summed E-state index contributed by atoms with van der Waals surface area (Å²) in [5, 5.41) is 3.61. The van der Waals surface area contributed by atoms with Gasteiger partial charge in [-0.15, -0.1) is 0 Å². The Morgan fingerprint density at radius 1 is 1.29 bits per heavy atom. The molecule has 0 heterocycles. The standard InChI is InChI=1S/C15H24N2/c1-15(2,3)17-10-11-4-5-12-6-7-14(16)9-13(12)8-11/h6-7,9,11,17H,4-5,8,10,16H2,1-3H3. The molecule has 0 aromatic heterocycles. The van der Waals surface area contributed by atoms with Crippen LogP contribution in [0.5, 0.6) is 0 Å². The normalized spacial score (nSPS) is 20.1. The monoisotopic (exact) mass is 232 g/mol. The predicted octanol–water partition coefficient (Wildman–Crippen LogP) is 2.76. The second kappa shape index (κ2) is 4.69. The molecule has 1 atom stereocenters. The Hall–Kier alpha value is -1.02. The number of hydrogen-bond donors (Lipinski definition) is 2. The number of nitrogens with one attached hydrogen (secondary N) is 1. The fraction of sp³-hybridized carbons (Fsp3) is 0.600. The highest BCUT2D eigenvalue weighted by Gasteiger charge is 2.20. The first-order chi connectivity index (χ1) is 7.94. The van der Waals surface area contributed by atoms with Crippen LogP contribution in [-0.2, 0) is 12.8 Å². The second-order valence-corrected chi connectivity index (χ2v) is 6.27. The highest BCUT2D eigenvalue weighted by molar-refractivity contribution is 5.45. The first kappa shape index (κ1) is 12.4. The van der Waals surface area contributed by atoms with Crippen molar-refractivity contribution < 1.29 is 0 Å². The van der Waals surface area contributed by atoms with E-state index in [0.29, 0.717) is 0 Å². The Kier molecular flexibility index (Phi) is 3.43. The summed E-state index contributed by atoms with van der Waals surface area (Å²) in [5.74, 6) is 0.753. The number of rotatable bonds is 2.